The highest BCUT2D eigenvalue weighted by Crippen LogP contribution is 1.89. The molecule has 3 N–H and O–H groups in total. The van der Waals surface area contributed by atoms with Crippen LogP contribution in [0.5, 0.6) is 0 Å². The molecule has 8 nitrogen and oxygen atoms in total. The van der Waals surface area contributed by atoms with Gasteiger partial charge in [0.15, 0.2) is 0 Å². The van der Waals surface area contributed by atoms with Gasteiger partial charge in [-0.05, 0) is 6.92 Å². The van der Waals surface area contributed by atoms with Crippen LogP contribution in [0.1, 0.15) is 6.92 Å². The molecule has 0 saturated heterocycles. The molecule has 0 fully saturated rings. The number of hydrogen-bond donors (Lipinski definition) is 3. The molecular formula is C10H12O8. The van der Waals surface area contributed by atoms with Crippen molar-refractivity contribution in [2.75, 3.05) is 7.11 Å². The smallest absolute Gasteiger partial charge is 0.331 e. The Morgan fingerprint density at radius 2 is 1.44 bits per heavy atom. The molecule has 18 heavy (non-hydrogen) atoms. The van der Waals surface area contributed by atoms with Crippen molar-refractivity contribution in [3.05, 3.63) is 23.8 Å². The Balaban J connectivity index is 0. The topological polar surface area (TPSA) is 138 Å². The number of carbonyl (C=O) groups excluding carboxylic acids is 1. The Hall–Kier alpha value is -2.64. The molecule has 0 radical (unpaired) electrons. The monoisotopic (exact) mass is 260 g/mol. The molecule has 0 aromatic heterocycles. The molecule has 8 heteroatoms. The Kier molecular flexibility index (Phi) is 9.44. The Labute approximate surface area is 102 Å². The lowest BCUT2D eigenvalue weighted by Crippen LogP contribution is -1.99. The van der Waals surface area contributed by atoms with Crippen molar-refractivity contribution >= 4 is 23.9 Å². The molecule has 0 aromatic carbocycles. The summed E-state index contributed by atoms with van der Waals surface area (Å²) >= 11 is 0. The van der Waals surface area contributed by atoms with Gasteiger partial charge in [0.1, 0.15) is 0 Å². The molecule has 0 amide bonds. The fraction of sp³-hybridized carbons (Fsp3) is 0.200. The lowest BCUT2D eigenvalue weighted by Gasteiger charge is -1.86. The van der Waals surface area contributed by atoms with E-state index in [4.69, 9.17) is 15.3 Å². The highest BCUT2D eigenvalue weighted by atomic mass is 16.5. The summed E-state index contributed by atoms with van der Waals surface area (Å²) in [6.45, 7) is 1.22. The molecule has 0 aliphatic rings. The summed E-state index contributed by atoms with van der Waals surface area (Å²) in [5, 5.41) is 24.1. The van der Waals surface area contributed by atoms with Gasteiger partial charge in [-0.2, -0.15) is 0 Å². The Morgan fingerprint density at radius 3 is 1.67 bits per heavy atom. The zero-order valence-electron chi connectivity index (χ0n) is 9.61. The van der Waals surface area contributed by atoms with E-state index in [1.54, 1.807) is 0 Å². The van der Waals surface area contributed by atoms with Crippen LogP contribution in [0.4, 0.5) is 0 Å². The van der Waals surface area contributed by atoms with Gasteiger partial charge in [0, 0.05) is 23.8 Å². The Bertz CT molecular complexity index is 389. The van der Waals surface area contributed by atoms with Gasteiger partial charge in [0.25, 0.3) is 0 Å². The molecule has 0 heterocycles. The summed E-state index contributed by atoms with van der Waals surface area (Å²) in [5.41, 5.74) is -0.178. The van der Waals surface area contributed by atoms with Gasteiger partial charge < -0.3 is 20.1 Å². The first kappa shape index (κ1) is 17.7. The second-order valence-corrected chi connectivity index (χ2v) is 2.67. The van der Waals surface area contributed by atoms with E-state index in [1.165, 1.54) is 14.0 Å². The first-order valence-electron chi connectivity index (χ1n) is 4.34. The second kappa shape index (κ2) is 9.58. The number of methoxy groups -OCH3 is 1. The average Bonchev–Trinajstić information content (AvgIpc) is 2.25. The van der Waals surface area contributed by atoms with Crippen LogP contribution in [-0.2, 0) is 23.9 Å². The number of hydrogen-bond acceptors (Lipinski definition) is 5. The number of carboxylic acid groups (broad SMARTS) is 3. The highest BCUT2D eigenvalue weighted by Gasteiger charge is 2.00. The zero-order chi connectivity index (χ0) is 14.7. The number of ether oxygens (including phenoxy) is 1. The van der Waals surface area contributed by atoms with Gasteiger partial charge >= 0.3 is 23.9 Å². The zero-order valence-corrected chi connectivity index (χ0v) is 9.61. The fourth-order valence-corrected chi connectivity index (χ4v) is 0.454. The maximum absolute atomic E-state index is 10.1. The van der Waals surface area contributed by atoms with Crippen LogP contribution < -0.4 is 0 Å². The van der Waals surface area contributed by atoms with Gasteiger partial charge in [-0.1, -0.05) is 0 Å². The first-order valence-corrected chi connectivity index (χ1v) is 4.34. The number of carboxylic acids is 3. The van der Waals surface area contributed by atoms with Gasteiger partial charge in [0.2, 0.25) is 0 Å². The lowest BCUT2D eigenvalue weighted by atomic mass is 10.3. The first-order chi connectivity index (χ1) is 8.20. The van der Waals surface area contributed by atoms with E-state index < -0.39 is 23.9 Å². The minimum atomic E-state index is -1.24. The third-order valence-corrected chi connectivity index (χ3v) is 1.24. The average molecular weight is 260 g/mol. The van der Waals surface area contributed by atoms with Crippen LogP contribution in [0.15, 0.2) is 23.8 Å². The van der Waals surface area contributed by atoms with E-state index in [0.29, 0.717) is 12.2 Å². The minimum absolute atomic E-state index is 0.178. The maximum Gasteiger partial charge on any atom is 0.331 e. The molecule has 0 aromatic rings. The molecule has 0 unspecified atom stereocenters. The largest absolute Gasteiger partial charge is 0.478 e. The third kappa shape index (κ3) is 13.4. The van der Waals surface area contributed by atoms with E-state index in [2.05, 4.69) is 4.74 Å². The van der Waals surface area contributed by atoms with E-state index in [-0.39, 0.29) is 5.57 Å². The quantitative estimate of drug-likeness (QED) is 0.470. The van der Waals surface area contributed by atoms with E-state index in [1.807, 2.05) is 0 Å². The van der Waals surface area contributed by atoms with Crippen molar-refractivity contribution in [3.8, 4) is 0 Å². The van der Waals surface area contributed by atoms with Crippen LogP contribution >= 0.6 is 0 Å². The van der Waals surface area contributed by atoms with Crippen molar-refractivity contribution in [2.45, 2.75) is 6.92 Å². The van der Waals surface area contributed by atoms with Crippen LogP contribution in [-0.4, -0.2) is 46.3 Å². The summed E-state index contributed by atoms with van der Waals surface area (Å²) in [4.78, 5) is 39.5. The predicted molar refractivity (Wildman–Crippen MR) is 57.8 cm³/mol. The van der Waals surface area contributed by atoms with Crippen LogP contribution in [0.25, 0.3) is 0 Å². The molecule has 0 atom stereocenters. The number of carbonyl (C=O) groups is 4. The van der Waals surface area contributed by atoms with E-state index in [9.17, 15) is 19.2 Å². The Morgan fingerprint density at radius 1 is 0.944 bits per heavy atom. The normalized spacial score (nSPS) is 10.2. The summed E-state index contributed by atoms with van der Waals surface area (Å²) in [6.07, 6.45) is 2.19. The number of rotatable bonds is 4. The SMILES string of the molecule is C/C(=C/C(=O)O)C(=O)O.COC(=O)C=CC(=O)O. The van der Waals surface area contributed by atoms with Crippen LogP contribution in [0.3, 0.4) is 0 Å². The van der Waals surface area contributed by atoms with Gasteiger partial charge in [0.05, 0.1) is 7.11 Å². The molecule has 0 rings (SSSR count). The van der Waals surface area contributed by atoms with E-state index in [0.717, 1.165) is 6.08 Å². The van der Waals surface area contributed by atoms with Crippen LogP contribution in [0.2, 0.25) is 0 Å². The molecule has 100 valence electrons. The van der Waals surface area contributed by atoms with Crippen molar-refractivity contribution in [2.24, 2.45) is 0 Å². The third-order valence-electron chi connectivity index (χ3n) is 1.24. The van der Waals surface area contributed by atoms with E-state index >= 15 is 0 Å². The predicted octanol–water partition coefficient (Wildman–Crippen LogP) is -0.0979. The summed E-state index contributed by atoms with van der Waals surface area (Å²) in [5.74, 6) is -4.29. The molecular weight excluding hydrogens is 248 g/mol. The molecule has 0 saturated carbocycles. The fourth-order valence-electron chi connectivity index (χ4n) is 0.454. The van der Waals surface area contributed by atoms with Gasteiger partial charge in [-0.3, -0.25) is 0 Å². The molecule has 0 spiro atoms. The molecule has 0 aliphatic heterocycles. The summed E-state index contributed by atoms with van der Waals surface area (Å²) in [7, 11) is 1.18. The van der Waals surface area contributed by atoms with Crippen molar-refractivity contribution < 1.29 is 39.2 Å². The molecule has 0 aliphatic carbocycles. The van der Waals surface area contributed by atoms with Crippen molar-refractivity contribution in [1.29, 1.82) is 0 Å². The number of esters is 1. The summed E-state index contributed by atoms with van der Waals surface area (Å²) < 4.78 is 4.11. The van der Waals surface area contributed by atoms with Crippen molar-refractivity contribution in [3.63, 3.8) is 0 Å². The summed E-state index contributed by atoms with van der Waals surface area (Å²) in [6, 6.07) is 0. The van der Waals surface area contributed by atoms with Gasteiger partial charge in [-0.25, -0.2) is 19.2 Å². The highest BCUT2D eigenvalue weighted by molar-refractivity contribution is 5.94. The van der Waals surface area contributed by atoms with Gasteiger partial charge in [-0.15, -0.1) is 0 Å². The minimum Gasteiger partial charge on any atom is -0.478 e. The standard InChI is InChI=1S/2C5H6O4/c1-9-5(8)3-2-4(6)7;1-3(5(8)9)2-4(6)7/h2-3H,1H3,(H,6,7);2H,1H3,(H,6,7)(H,8,9)/b;3-2-. The molecule has 0 bridgehead atoms. The van der Waals surface area contributed by atoms with Crippen LogP contribution in [0, 0.1) is 0 Å². The maximum atomic E-state index is 10.1. The number of aliphatic carboxylic acids is 3. The van der Waals surface area contributed by atoms with Crippen molar-refractivity contribution in [1.82, 2.24) is 0 Å². The lowest BCUT2D eigenvalue weighted by molar-refractivity contribution is -0.136. The second-order valence-electron chi connectivity index (χ2n) is 2.67.